The van der Waals surface area contributed by atoms with E-state index in [1.807, 2.05) is 12.1 Å². The van der Waals surface area contributed by atoms with Gasteiger partial charge in [-0.3, -0.25) is 9.59 Å². The monoisotopic (exact) mass is 327 g/mol. The molecule has 0 aromatic heterocycles. The van der Waals surface area contributed by atoms with Crippen molar-refractivity contribution in [2.45, 2.75) is 13.0 Å². The zero-order valence-corrected chi connectivity index (χ0v) is 12.0. The Morgan fingerprint density at radius 3 is 2.47 bits per heavy atom. The average Bonchev–Trinajstić information content (AvgIpc) is 2.29. The number of nitrogens with zero attached hydrogens (tertiary/aromatic N) is 1. The summed E-state index contributed by atoms with van der Waals surface area (Å²) in [5.41, 5.74) is 0. The minimum absolute atomic E-state index is 0.180. The van der Waals surface area contributed by atoms with Crippen molar-refractivity contribution in [3.05, 3.63) is 28.7 Å². The Morgan fingerprint density at radius 1 is 1.37 bits per heavy atom. The van der Waals surface area contributed by atoms with Gasteiger partial charge in [-0.2, -0.15) is 0 Å². The highest BCUT2D eigenvalue weighted by molar-refractivity contribution is 9.10. The van der Waals surface area contributed by atoms with Gasteiger partial charge in [-0.1, -0.05) is 15.9 Å². The molecule has 6 heteroatoms. The zero-order valence-electron chi connectivity index (χ0n) is 10.4. The van der Waals surface area contributed by atoms with E-state index >= 15 is 0 Å². The molecule has 1 fully saturated rings. The van der Waals surface area contributed by atoms with Gasteiger partial charge in [-0.15, -0.1) is 0 Å². The first-order valence-corrected chi connectivity index (χ1v) is 6.70. The number of carboxylic acids is 1. The van der Waals surface area contributed by atoms with Gasteiger partial charge >= 0.3 is 5.97 Å². The Morgan fingerprint density at radius 2 is 1.95 bits per heavy atom. The second-order valence-corrected chi connectivity index (χ2v) is 5.41. The second-order valence-electron chi connectivity index (χ2n) is 4.49. The maximum atomic E-state index is 12.0. The molecular formula is C13H14BrNO4. The molecule has 1 heterocycles. The van der Waals surface area contributed by atoms with Gasteiger partial charge in [0.2, 0.25) is 0 Å². The smallest absolute Gasteiger partial charge is 0.310 e. The maximum absolute atomic E-state index is 12.0. The molecule has 5 nitrogen and oxygen atoms in total. The molecule has 1 aromatic carbocycles. The Kier molecular flexibility index (Phi) is 4.09. The quantitative estimate of drug-likeness (QED) is 0.915. The van der Waals surface area contributed by atoms with E-state index in [4.69, 9.17) is 9.84 Å². The van der Waals surface area contributed by atoms with Crippen LogP contribution in [0, 0.1) is 5.92 Å². The van der Waals surface area contributed by atoms with E-state index in [0.717, 1.165) is 4.47 Å². The van der Waals surface area contributed by atoms with E-state index in [1.54, 1.807) is 19.1 Å². The number of benzene rings is 1. The summed E-state index contributed by atoms with van der Waals surface area (Å²) in [6.45, 7) is 2.20. The first kappa shape index (κ1) is 13.9. The van der Waals surface area contributed by atoms with Crippen molar-refractivity contribution >= 4 is 27.8 Å². The van der Waals surface area contributed by atoms with Crippen LogP contribution in [0.25, 0.3) is 0 Å². The Balaban J connectivity index is 1.87. The summed E-state index contributed by atoms with van der Waals surface area (Å²) in [5.74, 6) is -0.867. The van der Waals surface area contributed by atoms with Gasteiger partial charge in [0.25, 0.3) is 5.91 Å². The summed E-state index contributed by atoms with van der Waals surface area (Å²) in [6.07, 6.45) is -0.615. The van der Waals surface area contributed by atoms with Crippen molar-refractivity contribution in [3.8, 4) is 5.75 Å². The van der Waals surface area contributed by atoms with Crippen molar-refractivity contribution in [3.63, 3.8) is 0 Å². The van der Waals surface area contributed by atoms with Gasteiger partial charge in [0.1, 0.15) is 5.75 Å². The van der Waals surface area contributed by atoms with E-state index in [2.05, 4.69) is 15.9 Å². The fourth-order valence-corrected chi connectivity index (χ4v) is 2.10. The number of carboxylic acid groups (broad SMARTS) is 1. The van der Waals surface area contributed by atoms with Gasteiger partial charge in [-0.25, -0.2) is 0 Å². The summed E-state index contributed by atoms with van der Waals surface area (Å²) in [5, 5.41) is 8.76. The van der Waals surface area contributed by atoms with E-state index in [1.165, 1.54) is 4.90 Å². The Hall–Kier alpha value is -1.56. The van der Waals surface area contributed by atoms with Gasteiger partial charge < -0.3 is 14.7 Å². The lowest BCUT2D eigenvalue weighted by Gasteiger charge is -2.38. The molecule has 19 heavy (non-hydrogen) atoms. The van der Waals surface area contributed by atoms with Crippen LogP contribution >= 0.6 is 15.9 Å². The van der Waals surface area contributed by atoms with E-state index < -0.39 is 18.0 Å². The number of rotatable bonds is 4. The molecule has 2 rings (SSSR count). The lowest BCUT2D eigenvalue weighted by atomic mass is 10.00. The molecule has 102 valence electrons. The van der Waals surface area contributed by atoms with Crippen molar-refractivity contribution in [1.82, 2.24) is 4.90 Å². The van der Waals surface area contributed by atoms with Crippen LogP contribution in [0.1, 0.15) is 6.92 Å². The van der Waals surface area contributed by atoms with Crippen LogP contribution in [-0.2, 0) is 9.59 Å². The summed E-state index contributed by atoms with van der Waals surface area (Å²) in [7, 11) is 0. The maximum Gasteiger partial charge on any atom is 0.310 e. The fourth-order valence-electron chi connectivity index (χ4n) is 1.84. The summed E-state index contributed by atoms with van der Waals surface area (Å²) in [4.78, 5) is 24.1. The standard InChI is InChI=1S/C13H14BrNO4/c1-8(19-11-4-2-10(14)3-5-11)12(16)15-6-9(7-15)13(17)18/h2-5,8-9H,6-7H2,1H3,(H,17,18). The predicted octanol–water partition coefficient (Wildman–Crippen LogP) is 1.76. The lowest BCUT2D eigenvalue weighted by molar-refractivity contribution is -0.155. The number of carbonyl (C=O) groups excluding carboxylic acids is 1. The van der Waals surface area contributed by atoms with Crippen LogP contribution in [0.5, 0.6) is 5.75 Å². The normalized spacial score (nSPS) is 16.6. The molecule has 0 aliphatic carbocycles. The van der Waals surface area contributed by atoms with Crippen LogP contribution in [0.15, 0.2) is 28.7 Å². The molecule has 1 aliphatic heterocycles. The van der Waals surface area contributed by atoms with E-state index in [0.29, 0.717) is 5.75 Å². The molecule has 1 aliphatic rings. The van der Waals surface area contributed by atoms with Crippen molar-refractivity contribution in [2.75, 3.05) is 13.1 Å². The van der Waals surface area contributed by atoms with Crippen molar-refractivity contribution in [1.29, 1.82) is 0 Å². The number of amides is 1. The molecule has 1 N–H and O–H groups in total. The SMILES string of the molecule is CC(Oc1ccc(Br)cc1)C(=O)N1CC(C(=O)O)C1. The Labute approximate surface area is 119 Å². The molecule has 1 unspecified atom stereocenters. The molecule has 0 bridgehead atoms. The van der Waals surface area contributed by atoms with Crippen LogP contribution in [0.2, 0.25) is 0 Å². The van der Waals surface area contributed by atoms with Gasteiger partial charge in [0.05, 0.1) is 5.92 Å². The highest BCUT2D eigenvalue weighted by Crippen LogP contribution is 2.20. The third-order valence-corrected chi connectivity index (χ3v) is 3.55. The first-order valence-electron chi connectivity index (χ1n) is 5.91. The third-order valence-electron chi connectivity index (χ3n) is 3.02. The largest absolute Gasteiger partial charge is 0.481 e. The molecule has 0 spiro atoms. The number of aliphatic carboxylic acids is 1. The van der Waals surface area contributed by atoms with Crippen LogP contribution in [0.3, 0.4) is 0 Å². The number of likely N-dealkylation sites (tertiary alicyclic amines) is 1. The molecule has 1 atom stereocenters. The number of hydrogen-bond donors (Lipinski definition) is 1. The van der Waals surface area contributed by atoms with Crippen LogP contribution < -0.4 is 4.74 Å². The zero-order chi connectivity index (χ0) is 14.0. The summed E-state index contributed by atoms with van der Waals surface area (Å²) in [6, 6.07) is 7.20. The highest BCUT2D eigenvalue weighted by Gasteiger charge is 2.37. The number of carbonyl (C=O) groups is 2. The highest BCUT2D eigenvalue weighted by atomic mass is 79.9. The van der Waals surface area contributed by atoms with Crippen molar-refractivity contribution < 1.29 is 19.4 Å². The lowest BCUT2D eigenvalue weighted by Crippen LogP contribution is -2.56. The summed E-state index contributed by atoms with van der Waals surface area (Å²) < 4.78 is 6.46. The van der Waals surface area contributed by atoms with E-state index in [-0.39, 0.29) is 19.0 Å². The molecule has 1 aromatic rings. The number of hydrogen-bond acceptors (Lipinski definition) is 3. The van der Waals surface area contributed by atoms with E-state index in [9.17, 15) is 9.59 Å². The average molecular weight is 328 g/mol. The topological polar surface area (TPSA) is 66.8 Å². The first-order chi connectivity index (χ1) is 8.97. The fraction of sp³-hybridized carbons (Fsp3) is 0.385. The molecule has 1 saturated heterocycles. The number of halogens is 1. The molecule has 0 saturated carbocycles. The molecule has 1 amide bonds. The van der Waals surface area contributed by atoms with Crippen LogP contribution in [-0.4, -0.2) is 41.1 Å². The minimum Gasteiger partial charge on any atom is -0.481 e. The summed E-state index contributed by atoms with van der Waals surface area (Å²) >= 11 is 3.32. The van der Waals surface area contributed by atoms with Gasteiger partial charge in [0, 0.05) is 17.6 Å². The number of ether oxygens (including phenoxy) is 1. The minimum atomic E-state index is -0.856. The van der Waals surface area contributed by atoms with Crippen LogP contribution in [0.4, 0.5) is 0 Å². The van der Waals surface area contributed by atoms with Gasteiger partial charge in [0.15, 0.2) is 6.10 Å². The van der Waals surface area contributed by atoms with Crippen molar-refractivity contribution in [2.24, 2.45) is 5.92 Å². The third kappa shape index (κ3) is 3.26. The second kappa shape index (κ2) is 5.61. The van der Waals surface area contributed by atoms with Gasteiger partial charge in [-0.05, 0) is 31.2 Å². The Bertz CT molecular complexity index is 482. The molecular weight excluding hydrogens is 314 g/mol. The predicted molar refractivity (Wildman–Crippen MR) is 71.9 cm³/mol. The molecule has 0 radical (unpaired) electrons.